The third-order valence-corrected chi connectivity index (χ3v) is 11.1. The maximum Gasteiger partial charge on any atom is 0.573 e. The van der Waals surface area contributed by atoms with Gasteiger partial charge in [0.2, 0.25) is 15.9 Å². The zero-order valence-corrected chi connectivity index (χ0v) is 31.0. The van der Waals surface area contributed by atoms with Gasteiger partial charge in [-0.1, -0.05) is 49.4 Å². The molecule has 16 heteroatoms. The van der Waals surface area contributed by atoms with E-state index in [-0.39, 0.29) is 49.7 Å². The van der Waals surface area contributed by atoms with Gasteiger partial charge in [0.1, 0.15) is 17.4 Å². The lowest BCUT2D eigenvalue weighted by atomic mass is 10.0. The molecule has 1 amide bonds. The van der Waals surface area contributed by atoms with Gasteiger partial charge < -0.3 is 19.7 Å². The zero-order chi connectivity index (χ0) is 37.7. The quantitative estimate of drug-likeness (QED) is 0.156. The van der Waals surface area contributed by atoms with Gasteiger partial charge in [0.15, 0.2) is 10.9 Å². The van der Waals surface area contributed by atoms with Crippen LogP contribution in [0.25, 0.3) is 0 Å². The number of piperazine rings is 1. The van der Waals surface area contributed by atoms with Gasteiger partial charge in [0.25, 0.3) is 0 Å². The van der Waals surface area contributed by atoms with Crippen LogP contribution >= 0.6 is 11.3 Å². The number of carbonyl (C=O) groups excluding carboxylic acids is 3. The summed E-state index contributed by atoms with van der Waals surface area (Å²) in [6.45, 7) is 11.1. The Hall–Kier alpha value is -4.02. The van der Waals surface area contributed by atoms with Crippen LogP contribution in [0.2, 0.25) is 0 Å². The van der Waals surface area contributed by atoms with Crippen molar-refractivity contribution in [1.29, 1.82) is 0 Å². The van der Waals surface area contributed by atoms with Crippen LogP contribution in [0.3, 0.4) is 0 Å². The number of anilines is 1. The van der Waals surface area contributed by atoms with Gasteiger partial charge in [-0.3, -0.25) is 14.4 Å². The van der Waals surface area contributed by atoms with E-state index in [0.29, 0.717) is 28.0 Å². The number of ketones is 1. The predicted octanol–water partition coefficient (Wildman–Crippen LogP) is 6.36. The van der Waals surface area contributed by atoms with E-state index in [0.717, 1.165) is 51.0 Å². The number of aryl methyl sites for hydroxylation is 1. The number of hydrogen-bond donors (Lipinski definition) is 1. The number of thiazole rings is 1. The summed E-state index contributed by atoms with van der Waals surface area (Å²) in [6.07, 6.45) is -4.47. The largest absolute Gasteiger partial charge is 0.573 e. The van der Waals surface area contributed by atoms with Crippen molar-refractivity contribution in [3.05, 3.63) is 70.2 Å². The van der Waals surface area contributed by atoms with Crippen LogP contribution in [0.1, 0.15) is 86.3 Å². The van der Waals surface area contributed by atoms with Crippen molar-refractivity contribution in [2.75, 3.05) is 24.5 Å². The highest BCUT2D eigenvalue weighted by Crippen LogP contribution is 2.32. The van der Waals surface area contributed by atoms with Crippen LogP contribution in [-0.2, 0) is 30.9 Å². The van der Waals surface area contributed by atoms with Crippen molar-refractivity contribution in [1.82, 2.24) is 14.6 Å². The molecule has 1 aliphatic rings. The Kier molecular flexibility index (Phi) is 12.6. The number of nitrogens with zero attached hydrogens (tertiary/aromatic N) is 3. The molecule has 1 atom stereocenters. The molecule has 0 spiro atoms. The van der Waals surface area contributed by atoms with Crippen LogP contribution < -0.4 is 15.0 Å². The van der Waals surface area contributed by atoms with Crippen molar-refractivity contribution >= 4 is 44.2 Å². The van der Waals surface area contributed by atoms with E-state index < -0.39 is 45.7 Å². The molecular weight excluding hydrogens is 710 g/mol. The smallest absolute Gasteiger partial charge is 0.460 e. The number of hydrogen-bond acceptors (Lipinski definition) is 10. The van der Waals surface area contributed by atoms with Gasteiger partial charge in [-0.2, -0.15) is 4.31 Å². The number of aromatic nitrogens is 1. The highest BCUT2D eigenvalue weighted by Gasteiger charge is 2.41. The maximum atomic E-state index is 13.9. The second-order valence-corrected chi connectivity index (χ2v) is 16.4. The number of esters is 1. The molecule has 4 rings (SSSR count). The number of alkyl halides is 3. The monoisotopic (exact) mass is 752 g/mol. The minimum absolute atomic E-state index is 0.0842. The summed E-state index contributed by atoms with van der Waals surface area (Å²) in [5.41, 5.74) is 1.77. The zero-order valence-electron chi connectivity index (χ0n) is 29.4. The van der Waals surface area contributed by atoms with Gasteiger partial charge in [0.05, 0.1) is 15.5 Å². The highest BCUT2D eigenvalue weighted by molar-refractivity contribution is 7.89. The molecule has 1 N–H and O–H groups in total. The molecule has 11 nitrogen and oxygen atoms in total. The lowest BCUT2D eigenvalue weighted by Crippen LogP contribution is -2.60. The number of benzene rings is 2. The molecule has 1 aliphatic heterocycles. The first-order valence-corrected chi connectivity index (χ1v) is 18.7. The lowest BCUT2D eigenvalue weighted by molar-refractivity contribution is -0.274. The molecule has 1 aromatic heterocycles. The minimum Gasteiger partial charge on any atom is -0.460 e. The molecule has 0 unspecified atom stereocenters. The molecule has 2 heterocycles. The van der Waals surface area contributed by atoms with Crippen LogP contribution in [0.4, 0.5) is 18.3 Å². The molecular formula is C35H43F3N4O7S2. The summed E-state index contributed by atoms with van der Waals surface area (Å²) in [5, 5.41) is 3.26. The third kappa shape index (κ3) is 11.0. The van der Waals surface area contributed by atoms with E-state index in [4.69, 9.17) is 4.74 Å². The van der Waals surface area contributed by atoms with E-state index in [1.807, 2.05) is 24.3 Å². The Balaban J connectivity index is 1.53. The summed E-state index contributed by atoms with van der Waals surface area (Å²) < 4.78 is 76.0. The molecule has 0 aliphatic carbocycles. The van der Waals surface area contributed by atoms with Crippen LogP contribution in [0, 0.1) is 6.92 Å². The molecule has 0 saturated carbocycles. The van der Waals surface area contributed by atoms with Crippen LogP contribution in [0.5, 0.6) is 5.75 Å². The number of amides is 1. The van der Waals surface area contributed by atoms with Crippen molar-refractivity contribution < 1.29 is 45.4 Å². The number of carbonyl (C=O) groups is 3. The topological polar surface area (TPSA) is 135 Å². The molecule has 1 saturated heterocycles. The first-order valence-electron chi connectivity index (χ1n) is 16.4. The fourth-order valence-electron chi connectivity index (χ4n) is 5.39. The van der Waals surface area contributed by atoms with E-state index >= 15 is 0 Å². The maximum absolute atomic E-state index is 13.9. The molecule has 278 valence electrons. The third-order valence-electron chi connectivity index (χ3n) is 7.92. The van der Waals surface area contributed by atoms with Gasteiger partial charge in [-0.25, -0.2) is 13.4 Å². The highest BCUT2D eigenvalue weighted by atomic mass is 32.2. The van der Waals surface area contributed by atoms with Gasteiger partial charge in [0, 0.05) is 39.0 Å². The van der Waals surface area contributed by atoms with Gasteiger partial charge in [-0.15, -0.1) is 13.2 Å². The average molecular weight is 753 g/mol. The average Bonchev–Trinajstić information content (AvgIpc) is 3.43. The fourth-order valence-corrected chi connectivity index (χ4v) is 8.03. The second-order valence-electron chi connectivity index (χ2n) is 13.5. The number of rotatable bonds is 13. The fraction of sp³-hybridized carbons (Fsp3) is 0.486. The molecule has 3 aromatic rings. The molecule has 2 aromatic carbocycles. The van der Waals surface area contributed by atoms with Crippen molar-refractivity contribution in [3.63, 3.8) is 0 Å². The van der Waals surface area contributed by atoms with Crippen LogP contribution in [-0.4, -0.2) is 73.0 Å². The van der Waals surface area contributed by atoms with E-state index in [1.54, 1.807) is 32.6 Å². The first-order chi connectivity index (χ1) is 23.7. The van der Waals surface area contributed by atoms with Crippen molar-refractivity contribution in [3.8, 4) is 5.75 Å². The molecule has 51 heavy (non-hydrogen) atoms. The second kappa shape index (κ2) is 16.1. The minimum atomic E-state index is -4.95. The number of nitrogens with one attached hydrogen (secondary N) is 1. The van der Waals surface area contributed by atoms with E-state index in [1.165, 1.54) is 0 Å². The Morgan fingerprint density at radius 2 is 1.65 bits per heavy atom. The number of halogens is 3. The van der Waals surface area contributed by atoms with E-state index in [2.05, 4.69) is 28.9 Å². The van der Waals surface area contributed by atoms with Crippen molar-refractivity contribution in [2.45, 2.75) is 96.2 Å². The summed E-state index contributed by atoms with van der Waals surface area (Å²) in [6, 6.07) is 10.2. The molecule has 0 radical (unpaired) electrons. The Labute approximate surface area is 300 Å². The summed E-state index contributed by atoms with van der Waals surface area (Å²) in [4.78, 5) is 45.3. The Morgan fingerprint density at radius 3 is 2.24 bits per heavy atom. The SMILES string of the molecule is Cc1nc(N2CCN(S(=O)(=O)c3ccc(OC(F)(F)F)cc3)[C@@H](C(=O)NCc3ccc(C(C)C)cc3)C2)sc1C(=O)CCCC(=O)OC(C)(C)C. The molecule has 1 fully saturated rings. The van der Waals surface area contributed by atoms with Crippen molar-refractivity contribution in [2.24, 2.45) is 0 Å². The Bertz CT molecular complexity index is 1800. The number of ether oxygens (including phenoxy) is 2. The predicted molar refractivity (Wildman–Crippen MR) is 186 cm³/mol. The normalized spacial score (nSPS) is 15.9. The summed E-state index contributed by atoms with van der Waals surface area (Å²) in [7, 11) is -4.37. The molecule has 0 bridgehead atoms. The summed E-state index contributed by atoms with van der Waals surface area (Å²) >= 11 is 1.13. The Morgan fingerprint density at radius 1 is 1.00 bits per heavy atom. The first kappa shape index (κ1) is 39.8. The van der Waals surface area contributed by atoms with Crippen LogP contribution in [0.15, 0.2) is 53.4 Å². The lowest BCUT2D eigenvalue weighted by Gasteiger charge is -2.39. The van der Waals surface area contributed by atoms with Gasteiger partial charge >= 0.3 is 12.3 Å². The number of Topliss-reactive ketones (excluding diaryl/α,β-unsaturated/α-hetero) is 1. The van der Waals surface area contributed by atoms with E-state index in [9.17, 15) is 36.0 Å². The summed E-state index contributed by atoms with van der Waals surface area (Å²) in [5.74, 6) is -1.44. The standard InChI is InChI=1S/C35H43F3N4O7S2/c1-22(2)25-12-10-24(11-13-25)20-39-32(45)28-21-41(18-19-42(28)51(46,47)27-16-14-26(15-17-27)48-35(36,37)38)33-40-23(3)31(50-33)29(43)8-7-9-30(44)49-34(4,5)6/h10-17,22,28H,7-9,18-21H2,1-6H3,(H,39,45)/t28-/m1/s1. The van der Waals surface area contributed by atoms with Gasteiger partial charge in [-0.05, 0) is 75.4 Å². The number of sulfonamides is 1.